The van der Waals surface area contributed by atoms with Gasteiger partial charge in [-0.05, 0) is 88.4 Å². The normalized spacial score (nSPS) is 34.4. The van der Waals surface area contributed by atoms with E-state index in [2.05, 4.69) is 25.5 Å². The Morgan fingerprint density at radius 2 is 1.71 bits per heavy atom. The molecular weight excluding hydrogens is 962 g/mol. The summed E-state index contributed by atoms with van der Waals surface area (Å²) in [6.07, 6.45) is 8.99. The van der Waals surface area contributed by atoms with Crippen molar-refractivity contribution in [2.45, 2.75) is 159 Å². The molecule has 16 heteroatoms. The summed E-state index contributed by atoms with van der Waals surface area (Å²) < 4.78 is 51.7. The lowest BCUT2D eigenvalue weighted by molar-refractivity contribution is -0.180. The van der Waals surface area contributed by atoms with Gasteiger partial charge in [-0.15, -0.1) is 18.3 Å². The number of anilines is 1. The van der Waals surface area contributed by atoms with Crippen LogP contribution in [0.15, 0.2) is 54.0 Å². The summed E-state index contributed by atoms with van der Waals surface area (Å²) >= 11 is 8.64. The highest BCUT2D eigenvalue weighted by atomic mass is 35.5. The molecule has 0 radical (unpaired) electrons. The number of thioether (sulfide) groups is 1. The van der Waals surface area contributed by atoms with Crippen LogP contribution in [0.25, 0.3) is 10.9 Å². The summed E-state index contributed by atoms with van der Waals surface area (Å²) in [4.78, 5) is 76.0. The van der Waals surface area contributed by atoms with Crippen molar-refractivity contribution >= 4 is 63.6 Å². The number of alkyl halides is 1. The van der Waals surface area contributed by atoms with E-state index in [4.69, 9.17) is 31.5 Å². The van der Waals surface area contributed by atoms with Crippen LogP contribution in [-0.2, 0) is 19.1 Å². The molecule has 12 nitrogen and oxygen atoms in total. The smallest absolute Gasteiger partial charge is 0.349 e. The van der Waals surface area contributed by atoms with Crippen LogP contribution in [0.2, 0.25) is 5.02 Å². The third-order valence-electron chi connectivity index (χ3n) is 18.8. The number of carbonyl (C=O) groups excluding carboxylic acids is 4. The predicted molar refractivity (Wildman–Crippen MR) is 275 cm³/mol. The molecule has 3 saturated heterocycles. The third-order valence-corrected chi connectivity index (χ3v) is 20.4. The van der Waals surface area contributed by atoms with E-state index in [-0.39, 0.29) is 80.6 Å². The number of nitrogens with two attached hydrogens (primary N) is 1. The summed E-state index contributed by atoms with van der Waals surface area (Å²) in [5.74, 6) is -3.86. The molecule has 2 bridgehead atoms. The van der Waals surface area contributed by atoms with E-state index in [1.165, 1.54) is 35.7 Å². The number of pyridine rings is 1. The Hall–Kier alpha value is -4.31. The number of hydrogen-bond acceptors (Lipinski definition) is 12. The maximum atomic E-state index is 16.2. The van der Waals surface area contributed by atoms with E-state index >= 15 is 4.39 Å². The number of fused-ring (bicyclic) bond motifs is 4. The fraction of sp³-hybridized carbons (Fsp3) is 0.625. The van der Waals surface area contributed by atoms with Crippen LogP contribution in [0.4, 0.5) is 14.5 Å². The van der Waals surface area contributed by atoms with Gasteiger partial charge in [0.2, 0.25) is 5.43 Å². The Morgan fingerprint density at radius 3 is 2.35 bits per heavy atom. The molecule has 388 valence electrons. The Labute approximate surface area is 430 Å². The SMILES string of the molecule is C=C[C@@]1(C)C[C@H](OC(=O)CSC2CC3CCC(C2)N3C)C(C)(C)C2C(=O)CCC2(CCC)[C@H](C)[C@H]1OC(=O)c1ccccc1OC(=O)c1cn(C2C[C@@H]2F)c2c(Cl)c(N3C[C@@H](N)C4(CC4)C3)c(F)cc2c1=O. The zero-order valence-corrected chi connectivity index (χ0v) is 43.9. The molecule has 2 N–H and O–H groups in total. The molecule has 3 aromatic rings. The molecule has 2 aromatic carbocycles. The van der Waals surface area contributed by atoms with Gasteiger partial charge >= 0.3 is 17.9 Å². The third kappa shape index (κ3) is 8.61. The van der Waals surface area contributed by atoms with E-state index < -0.39 is 75.3 Å². The summed E-state index contributed by atoms with van der Waals surface area (Å²) in [6, 6.07) is 7.20. The van der Waals surface area contributed by atoms with Crippen LogP contribution in [0.3, 0.4) is 0 Å². The number of nitrogens with zero attached hydrogens (tertiary/aromatic N) is 3. The fourth-order valence-electron chi connectivity index (χ4n) is 14.4. The summed E-state index contributed by atoms with van der Waals surface area (Å²) in [6.45, 7) is 15.3. The van der Waals surface area contributed by atoms with E-state index in [1.54, 1.807) is 34.9 Å². The Kier molecular flexibility index (Phi) is 13.4. The van der Waals surface area contributed by atoms with Gasteiger partial charge in [-0.3, -0.25) is 14.4 Å². The van der Waals surface area contributed by atoms with Crippen molar-refractivity contribution < 1.29 is 42.2 Å². The zero-order valence-electron chi connectivity index (χ0n) is 42.4. The van der Waals surface area contributed by atoms with E-state index in [0.29, 0.717) is 49.7 Å². The first kappa shape index (κ1) is 51.2. The molecule has 5 unspecified atom stereocenters. The highest BCUT2D eigenvalue weighted by molar-refractivity contribution is 8.00. The van der Waals surface area contributed by atoms with Gasteiger partial charge in [0.1, 0.15) is 46.9 Å². The maximum Gasteiger partial charge on any atom is 0.349 e. The van der Waals surface area contributed by atoms with Gasteiger partial charge < -0.3 is 34.3 Å². The number of esters is 3. The molecule has 7 aliphatic rings. The number of benzene rings is 2. The van der Waals surface area contributed by atoms with Crippen molar-refractivity contribution in [1.29, 1.82) is 0 Å². The van der Waals surface area contributed by atoms with Crippen molar-refractivity contribution in [1.82, 2.24) is 9.47 Å². The first-order valence-corrected chi connectivity index (χ1v) is 27.5. The lowest BCUT2D eigenvalue weighted by Gasteiger charge is -2.56. The second-order valence-corrected chi connectivity index (χ2v) is 25.1. The molecule has 3 aliphatic heterocycles. The number of Topliss-reactive ketones (excluding diaryl/α,β-unsaturated/α-hetero) is 1. The molecule has 4 saturated carbocycles. The van der Waals surface area contributed by atoms with E-state index in [9.17, 15) is 28.4 Å². The van der Waals surface area contributed by atoms with E-state index in [1.807, 2.05) is 27.7 Å². The maximum absolute atomic E-state index is 16.2. The lowest BCUT2D eigenvalue weighted by Crippen LogP contribution is -2.59. The van der Waals surface area contributed by atoms with Gasteiger partial charge in [-0.1, -0.05) is 70.8 Å². The van der Waals surface area contributed by atoms with Crippen LogP contribution < -0.4 is 20.8 Å². The Bertz CT molecular complexity index is 2770. The number of carbonyl (C=O) groups is 4. The van der Waals surface area contributed by atoms with Crippen LogP contribution in [-0.4, -0.2) is 101 Å². The second-order valence-electron chi connectivity index (χ2n) is 23.4. The number of ether oxygens (including phenoxy) is 3. The first-order valence-electron chi connectivity index (χ1n) is 26.1. The minimum absolute atomic E-state index is 0.0652. The molecule has 4 heterocycles. The van der Waals surface area contributed by atoms with Crippen molar-refractivity contribution in [2.24, 2.45) is 39.2 Å². The molecule has 1 aromatic heterocycles. The monoisotopic (exact) mass is 1030 g/mol. The highest BCUT2D eigenvalue weighted by Crippen LogP contribution is 2.63. The zero-order chi connectivity index (χ0) is 51.4. The first-order chi connectivity index (χ1) is 34.2. The summed E-state index contributed by atoms with van der Waals surface area (Å²) in [5.41, 5.74) is 2.66. The number of aromatic nitrogens is 1. The van der Waals surface area contributed by atoms with Crippen molar-refractivity contribution in [3.63, 3.8) is 0 Å². The molecule has 0 amide bonds. The van der Waals surface area contributed by atoms with Gasteiger partial charge in [0.15, 0.2) is 0 Å². The average molecular weight is 1030 g/mol. The largest absolute Gasteiger partial charge is 0.461 e. The van der Waals surface area contributed by atoms with Gasteiger partial charge in [0.05, 0.1) is 33.4 Å². The number of hydrogen-bond donors (Lipinski definition) is 1. The quantitative estimate of drug-likeness (QED) is 0.0986. The Morgan fingerprint density at radius 1 is 1.01 bits per heavy atom. The standard InChI is InChI=1S/C56H69ClF2N4O8S/c1-8-17-56-18-16-40(64)49(56)53(4,5)43(70-44(65)28-72-33-21-31-14-15-32(22-33)61(31)7)25-54(6,9-2)50(30(56)3)71-51(67)34-12-10-11-13-41(34)69-52(68)36-26-63(39-24-37(39)58)46-35(48(36)66)23-38(59)47(45(46)57)62-27-42(60)55(29-62)19-20-55/h9-13,23,26,30-33,37,39,42-43,49-50H,2,8,14-22,24-25,27-29,60H2,1,3-7H3/t30-,31?,32?,33?,37+,39?,42-,43+,49?,50-,54+,56?/m1/s1. The van der Waals surface area contributed by atoms with Gasteiger partial charge in [0, 0.05) is 83.6 Å². The minimum atomic E-state index is -1.29. The topological polar surface area (TPSA) is 150 Å². The number of piperidine rings is 1. The van der Waals surface area contributed by atoms with Crippen LogP contribution in [0, 0.1) is 39.3 Å². The summed E-state index contributed by atoms with van der Waals surface area (Å²) in [7, 11) is 2.20. The molecule has 1 spiro atoms. The molecule has 7 fully saturated rings. The molecule has 11 atom stereocenters. The second kappa shape index (κ2) is 18.8. The fourth-order valence-corrected chi connectivity index (χ4v) is 16.0. The number of ketones is 1. The summed E-state index contributed by atoms with van der Waals surface area (Å²) in [5, 5.41) is 0.0826. The van der Waals surface area contributed by atoms with Crippen molar-refractivity contribution in [3.05, 3.63) is 81.4 Å². The van der Waals surface area contributed by atoms with Gasteiger partial charge in [0.25, 0.3) is 0 Å². The number of halogens is 3. The van der Waals surface area contributed by atoms with Gasteiger partial charge in [-0.25, -0.2) is 18.4 Å². The average Bonchev–Trinajstić information content (AvgIpc) is 4.21. The molecular formula is C56H69ClF2N4O8S. The van der Waals surface area contributed by atoms with Crippen LogP contribution in [0.1, 0.15) is 138 Å². The highest BCUT2D eigenvalue weighted by Gasteiger charge is 2.64. The van der Waals surface area contributed by atoms with Gasteiger partial charge in [-0.2, -0.15) is 0 Å². The van der Waals surface area contributed by atoms with Crippen LogP contribution >= 0.6 is 23.4 Å². The molecule has 72 heavy (non-hydrogen) atoms. The predicted octanol–water partition coefficient (Wildman–Crippen LogP) is 10.0. The minimum Gasteiger partial charge on any atom is -0.461 e. The van der Waals surface area contributed by atoms with Crippen LogP contribution in [0.5, 0.6) is 5.75 Å². The lowest BCUT2D eigenvalue weighted by atomic mass is 9.50. The van der Waals surface area contributed by atoms with Crippen molar-refractivity contribution in [3.8, 4) is 5.75 Å². The van der Waals surface area contributed by atoms with E-state index in [0.717, 1.165) is 38.2 Å². The number of para-hydroxylation sites is 1. The molecule has 10 rings (SSSR count). The molecule has 4 aliphatic carbocycles. The Balaban J connectivity index is 0.938. The number of rotatable bonds is 13. The van der Waals surface area contributed by atoms with Crippen molar-refractivity contribution in [2.75, 3.05) is 30.8 Å².